The van der Waals surface area contributed by atoms with Crippen molar-refractivity contribution in [2.24, 2.45) is 17.3 Å². The summed E-state index contributed by atoms with van der Waals surface area (Å²) in [4.78, 5) is 21.6. The van der Waals surface area contributed by atoms with Crippen LogP contribution in [0.1, 0.15) is 62.1 Å². The number of piperidine rings is 1. The maximum Gasteiger partial charge on any atom is 0.407 e. The zero-order valence-electron chi connectivity index (χ0n) is 29.1. The minimum atomic E-state index is -0.392. The Kier molecular flexibility index (Phi) is 10.3. The summed E-state index contributed by atoms with van der Waals surface area (Å²) in [6.45, 7) is 10.1. The third-order valence-corrected chi connectivity index (χ3v) is 11.7. The Morgan fingerprint density at radius 1 is 1.06 bits per heavy atom. The van der Waals surface area contributed by atoms with E-state index in [-0.39, 0.29) is 34.4 Å². The van der Waals surface area contributed by atoms with Crippen molar-refractivity contribution >= 4 is 11.8 Å². The number of nitrogens with zero attached hydrogens (tertiary/aromatic N) is 5. The number of nitriles is 1. The molecule has 2 aromatic carbocycles. The summed E-state index contributed by atoms with van der Waals surface area (Å²) in [5.41, 5.74) is 2.25. The Balaban J connectivity index is 1.18. The van der Waals surface area contributed by atoms with Crippen molar-refractivity contribution in [2.75, 3.05) is 78.5 Å². The maximum atomic E-state index is 15.7. The highest BCUT2D eigenvalue weighted by Gasteiger charge is 2.53. The van der Waals surface area contributed by atoms with Crippen LogP contribution in [0.4, 0.5) is 19.3 Å². The molecule has 0 bridgehead atoms. The second-order valence-electron chi connectivity index (χ2n) is 15.5. The fraction of sp³-hybridized carbons (Fsp3) is 0.632. The first-order chi connectivity index (χ1) is 23.0. The smallest absolute Gasteiger partial charge is 0.407 e. The minimum Gasteiger partial charge on any atom is -0.453 e. The SMILES string of the molecule is COC(=O)N[C@H]1CCC[C@@H]1C(CN1CCC1)(c1cccc(F)c1)C1CCN(CC2(C)CN(c3ccc(C#N)c(CN(C)C)c3F)C2)CC1. The summed E-state index contributed by atoms with van der Waals surface area (Å²) in [5, 5.41) is 12.7. The van der Waals surface area contributed by atoms with Gasteiger partial charge in [0.1, 0.15) is 5.82 Å². The van der Waals surface area contributed by atoms with Gasteiger partial charge in [-0.1, -0.05) is 25.5 Å². The van der Waals surface area contributed by atoms with E-state index in [4.69, 9.17) is 4.74 Å². The Labute approximate surface area is 285 Å². The number of anilines is 1. The standard InChI is InChI=1S/C38H52F2N6O2/c1-37(24-46(25-37)34-13-12-27(21-41)31(35(34)40)22-43(2)3)23-45-18-14-28(15-19-45)38(26-44-16-7-17-44,29-8-5-9-30(39)20-29)32-10-6-11-33(32)42-36(47)48-4/h5,8-9,12-13,20,28,32-33H,6-7,10-11,14-19,22-26H2,1-4H3,(H,42,47)/t32-,33-,38?/m0/s1. The lowest BCUT2D eigenvalue weighted by molar-refractivity contribution is 0.0159. The molecule has 3 heterocycles. The summed E-state index contributed by atoms with van der Waals surface area (Å²) in [5.74, 6) is 0.0412. The van der Waals surface area contributed by atoms with Crippen molar-refractivity contribution in [2.45, 2.75) is 63.5 Å². The molecule has 48 heavy (non-hydrogen) atoms. The number of methoxy groups -OCH3 is 1. The van der Waals surface area contributed by atoms with Crippen molar-refractivity contribution in [3.8, 4) is 6.07 Å². The number of halogens is 2. The fourth-order valence-electron chi connectivity index (χ4n) is 9.46. The highest BCUT2D eigenvalue weighted by molar-refractivity contribution is 5.67. The molecule has 3 aliphatic heterocycles. The van der Waals surface area contributed by atoms with E-state index in [2.05, 4.69) is 39.1 Å². The molecule has 4 fully saturated rings. The molecule has 0 radical (unpaired) electrons. The second kappa shape index (κ2) is 14.3. The molecule has 1 amide bonds. The lowest BCUT2D eigenvalue weighted by atomic mass is 9.57. The van der Waals surface area contributed by atoms with Gasteiger partial charge < -0.3 is 29.7 Å². The topological polar surface area (TPSA) is 75.1 Å². The number of carbonyl (C=O) groups is 1. The van der Waals surface area contributed by atoms with Gasteiger partial charge in [0.2, 0.25) is 0 Å². The Bertz CT molecular complexity index is 1490. The highest BCUT2D eigenvalue weighted by Crippen LogP contribution is 2.52. The van der Waals surface area contributed by atoms with Gasteiger partial charge >= 0.3 is 6.09 Å². The van der Waals surface area contributed by atoms with Gasteiger partial charge in [0.05, 0.1) is 24.4 Å². The molecule has 2 aromatic rings. The number of benzene rings is 2. The van der Waals surface area contributed by atoms with Gasteiger partial charge in [-0.15, -0.1) is 0 Å². The van der Waals surface area contributed by atoms with Crippen LogP contribution in [-0.2, 0) is 16.7 Å². The lowest BCUT2D eigenvalue weighted by Crippen LogP contribution is -2.62. The van der Waals surface area contributed by atoms with Gasteiger partial charge in [-0.2, -0.15) is 5.26 Å². The van der Waals surface area contributed by atoms with Gasteiger partial charge in [0.25, 0.3) is 0 Å². The molecule has 0 spiro atoms. The van der Waals surface area contributed by atoms with Crippen LogP contribution in [0.2, 0.25) is 0 Å². The average Bonchev–Trinajstić information content (AvgIpc) is 3.49. The molecular formula is C38H52F2N6O2. The number of likely N-dealkylation sites (tertiary alicyclic amines) is 2. The molecule has 1 unspecified atom stereocenters. The van der Waals surface area contributed by atoms with E-state index >= 15 is 4.39 Å². The first-order valence-electron chi connectivity index (χ1n) is 17.7. The number of carbonyl (C=O) groups excluding carboxylic acids is 1. The Morgan fingerprint density at radius 2 is 1.81 bits per heavy atom. The van der Waals surface area contributed by atoms with Gasteiger partial charge in [-0.05, 0) is 114 Å². The minimum absolute atomic E-state index is 0.0132. The van der Waals surface area contributed by atoms with E-state index in [1.165, 1.54) is 19.6 Å². The molecule has 1 N–H and O–H groups in total. The molecule has 0 aromatic heterocycles. The first-order valence-corrected chi connectivity index (χ1v) is 17.7. The molecule has 3 saturated heterocycles. The quantitative estimate of drug-likeness (QED) is 0.336. The number of amides is 1. The summed E-state index contributed by atoms with van der Waals surface area (Å²) in [6.07, 6.45) is 5.73. The molecule has 10 heteroatoms. The summed E-state index contributed by atoms with van der Waals surface area (Å²) in [7, 11) is 5.19. The normalized spacial score (nSPS) is 24.4. The average molecular weight is 663 g/mol. The zero-order chi connectivity index (χ0) is 34.1. The van der Waals surface area contributed by atoms with Crippen molar-refractivity contribution in [3.05, 3.63) is 64.7 Å². The highest BCUT2D eigenvalue weighted by atomic mass is 19.1. The van der Waals surface area contributed by atoms with E-state index in [9.17, 15) is 14.4 Å². The van der Waals surface area contributed by atoms with Crippen LogP contribution in [0.5, 0.6) is 0 Å². The number of alkyl carbamates (subject to hydrolysis) is 1. The fourth-order valence-corrected chi connectivity index (χ4v) is 9.46. The van der Waals surface area contributed by atoms with Crippen molar-refractivity contribution in [3.63, 3.8) is 0 Å². The summed E-state index contributed by atoms with van der Waals surface area (Å²) < 4.78 is 35.7. The van der Waals surface area contributed by atoms with Crippen molar-refractivity contribution in [1.29, 1.82) is 5.26 Å². The monoisotopic (exact) mass is 662 g/mol. The number of rotatable bonds is 11. The molecule has 1 saturated carbocycles. The molecule has 8 nitrogen and oxygen atoms in total. The largest absolute Gasteiger partial charge is 0.453 e. The number of ether oxygens (including phenoxy) is 1. The van der Waals surface area contributed by atoms with Crippen LogP contribution in [0, 0.1) is 40.2 Å². The summed E-state index contributed by atoms with van der Waals surface area (Å²) >= 11 is 0. The predicted molar refractivity (Wildman–Crippen MR) is 184 cm³/mol. The van der Waals surface area contributed by atoms with E-state index in [0.717, 1.165) is 90.0 Å². The van der Waals surface area contributed by atoms with Gasteiger partial charge in [-0.25, -0.2) is 13.6 Å². The van der Waals surface area contributed by atoms with E-state index < -0.39 is 6.09 Å². The molecule has 6 rings (SSSR count). The van der Waals surface area contributed by atoms with Crippen LogP contribution < -0.4 is 10.2 Å². The molecule has 4 aliphatic rings. The first kappa shape index (κ1) is 34.6. The van der Waals surface area contributed by atoms with E-state index in [0.29, 0.717) is 29.3 Å². The Morgan fingerprint density at radius 3 is 2.44 bits per heavy atom. The van der Waals surface area contributed by atoms with Gasteiger partial charge in [0.15, 0.2) is 5.82 Å². The zero-order valence-corrected chi connectivity index (χ0v) is 29.1. The van der Waals surface area contributed by atoms with Crippen molar-refractivity contribution in [1.82, 2.24) is 20.0 Å². The summed E-state index contributed by atoms with van der Waals surface area (Å²) in [6, 6.07) is 12.9. The molecule has 3 atom stereocenters. The van der Waals surface area contributed by atoms with Gasteiger partial charge in [0, 0.05) is 55.2 Å². The number of nitrogens with one attached hydrogen (secondary N) is 1. The number of hydrogen-bond donors (Lipinski definition) is 1. The maximum absolute atomic E-state index is 15.7. The van der Waals surface area contributed by atoms with E-state index in [1.54, 1.807) is 18.2 Å². The molecular weight excluding hydrogens is 610 g/mol. The Hall–Kier alpha value is -3.26. The molecule has 260 valence electrons. The van der Waals surface area contributed by atoms with Crippen LogP contribution in [0.15, 0.2) is 36.4 Å². The molecule has 1 aliphatic carbocycles. The predicted octanol–water partition coefficient (Wildman–Crippen LogP) is 5.60. The van der Waals surface area contributed by atoms with Crippen LogP contribution in [0.25, 0.3) is 0 Å². The second-order valence-corrected chi connectivity index (χ2v) is 15.5. The van der Waals surface area contributed by atoms with Crippen LogP contribution in [0.3, 0.4) is 0 Å². The van der Waals surface area contributed by atoms with Crippen LogP contribution in [-0.4, -0.2) is 100 Å². The lowest BCUT2D eigenvalue weighted by Gasteiger charge is -2.55. The van der Waals surface area contributed by atoms with Crippen LogP contribution >= 0.6 is 0 Å². The van der Waals surface area contributed by atoms with E-state index in [1.807, 2.05) is 25.1 Å². The third kappa shape index (κ3) is 6.92. The third-order valence-electron chi connectivity index (χ3n) is 11.7. The van der Waals surface area contributed by atoms with Crippen molar-refractivity contribution < 1.29 is 18.3 Å². The van der Waals surface area contributed by atoms with Gasteiger partial charge in [-0.3, -0.25) is 0 Å². The number of hydrogen-bond acceptors (Lipinski definition) is 7.